The second kappa shape index (κ2) is 7.93. The van der Waals surface area contributed by atoms with Crippen LogP contribution in [0.5, 0.6) is 0 Å². The number of benzene rings is 2. The summed E-state index contributed by atoms with van der Waals surface area (Å²) in [5.41, 5.74) is 2.52. The highest BCUT2D eigenvalue weighted by atomic mass is 16.3. The Morgan fingerprint density at radius 1 is 1.08 bits per heavy atom. The maximum absolute atomic E-state index is 10.2. The van der Waals surface area contributed by atoms with Gasteiger partial charge in [0, 0.05) is 25.2 Å². The molecule has 1 fully saturated rings. The predicted octanol–water partition coefficient (Wildman–Crippen LogP) is 3.36. The van der Waals surface area contributed by atoms with E-state index in [0.717, 1.165) is 25.1 Å². The van der Waals surface area contributed by atoms with Gasteiger partial charge in [-0.3, -0.25) is 4.90 Å². The molecule has 2 N–H and O–H groups in total. The molecule has 4 unspecified atom stereocenters. The molecule has 1 heterocycles. The average Bonchev–Trinajstić information content (AvgIpc) is 2.94. The zero-order chi connectivity index (χ0) is 16.9. The van der Waals surface area contributed by atoms with Crippen LogP contribution in [0.1, 0.15) is 37.4 Å². The predicted molar refractivity (Wildman–Crippen MR) is 98.7 cm³/mol. The number of rotatable bonds is 6. The van der Waals surface area contributed by atoms with E-state index in [2.05, 4.69) is 59.6 Å². The van der Waals surface area contributed by atoms with E-state index in [4.69, 9.17) is 0 Å². The van der Waals surface area contributed by atoms with Crippen molar-refractivity contribution < 1.29 is 5.11 Å². The third kappa shape index (κ3) is 4.23. The number of hydrogen-bond acceptors (Lipinski definition) is 3. The molecule has 0 bridgehead atoms. The summed E-state index contributed by atoms with van der Waals surface area (Å²) in [6, 6.07) is 21.8. The van der Waals surface area contributed by atoms with Gasteiger partial charge in [0.05, 0.1) is 12.1 Å². The van der Waals surface area contributed by atoms with E-state index >= 15 is 0 Å². The van der Waals surface area contributed by atoms with Gasteiger partial charge in [-0.2, -0.15) is 0 Å². The first-order valence-electron chi connectivity index (χ1n) is 8.90. The summed E-state index contributed by atoms with van der Waals surface area (Å²) in [7, 11) is 0. The molecule has 3 rings (SSSR count). The van der Waals surface area contributed by atoms with E-state index in [1.165, 1.54) is 5.56 Å². The van der Waals surface area contributed by atoms with Crippen molar-refractivity contribution in [2.75, 3.05) is 6.54 Å². The molecule has 2 aromatic rings. The van der Waals surface area contributed by atoms with Crippen LogP contribution in [0.4, 0.5) is 0 Å². The molecule has 0 aromatic heterocycles. The number of aliphatic hydroxyl groups excluding tert-OH is 1. The fourth-order valence-electron chi connectivity index (χ4n) is 3.69. The van der Waals surface area contributed by atoms with E-state index in [9.17, 15) is 5.11 Å². The van der Waals surface area contributed by atoms with E-state index in [1.54, 1.807) is 0 Å². The van der Waals surface area contributed by atoms with Crippen molar-refractivity contribution in [2.45, 2.75) is 51.0 Å². The number of nitrogens with one attached hydrogen (secondary N) is 1. The molecule has 128 valence electrons. The first-order valence-corrected chi connectivity index (χ1v) is 8.90. The van der Waals surface area contributed by atoms with Crippen molar-refractivity contribution in [3.8, 4) is 0 Å². The molecular weight excluding hydrogens is 296 g/mol. The molecule has 3 nitrogen and oxygen atoms in total. The quantitative estimate of drug-likeness (QED) is 0.855. The number of aliphatic hydroxyl groups is 1. The van der Waals surface area contributed by atoms with E-state index in [1.807, 2.05) is 25.1 Å². The standard InChI is InChI=1S/C21H28N2O/c1-16-13-20(15-23(16)14-18-9-5-3-6-10-18)22-21(17(2)24)19-11-7-4-8-12-19/h3-12,16-17,20-22,24H,13-15H2,1-2H3. The maximum Gasteiger partial charge on any atom is 0.0706 e. The van der Waals surface area contributed by atoms with Crippen molar-refractivity contribution in [3.63, 3.8) is 0 Å². The first kappa shape index (κ1) is 17.2. The summed E-state index contributed by atoms with van der Waals surface area (Å²) in [6.45, 7) is 6.17. The van der Waals surface area contributed by atoms with E-state index < -0.39 is 6.10 Å². The minimum Gasteiger partial charge on any atom is -0.391 e. The molecule has 1 aliphatic rings. The number of nitrogens with zero attached hydrogens (tertiary/aromatic N) is 1. The van der Waals surface area contributed by atoms with Gasteiger partial charge in [-0.15, -0.1) is 0 Å². The van der Waals surface area contributed by atoms with Gasteiger partial charge in [0.2, 0.25) is 0 Å². The Balaban J connectivity index is 1.63. The average molecular weight is 324 g/mol. The Morgan fingerprint density at radius 3 is 2.33 bits per heavy atom. The van der Waals surface area contributed by atoms with Gasteiger partial charge in [0.25, 0.3) is 0 Å². The Morgan fingerprint density at radius 2 is 1.71 bits per heavy atom. The van der Waals surface area contributed by atoms with Crippen LogP contribution in [0.2, 0.25) is 0 Å². The molecule has 2 aromatic carbocycles. The first-order chi connectivity index (χ1) is 11.6. The van der Waals surface area contributed by atoms with Crippen molar-refractivity contribution in [1.82, 2.24) is 10.2 Å². The largest absolute Gasteiger partial charge is 0.391 e. The molecule has 1 aliphatic heterocycles. The van der Waals surface area contributed by atoms with Crippen LogP contribution in [-0.2, 0) is 6.54 Å². The second-order valence-electron chi connectivity index (χ2n) is 6.99. The Labute approximate surface area is 145 Å². The van der Waals surface area contributed by atoms with Crippen molar-refractivity contribution in [3.05, 3.63) is 71.8 Å². The second-order valence-corrected chi connectivity index (χ2v) is 6.99. The maximum atomic E-state index is 10.2. The summed E-state index contributed by atoms with van der Waals surface area (Å²) in [5, 5.41) is 13.9. The van der Waals surface area contributed by atoms with Crippen LogP contribution in [0, 0.1) is 0 Å². The van der Waals surface area contributed by atoms with Crippen LogP contribution in [0.15, 0.2) is 60.7 Å². The van der Waals surface area contributed by atoms with Crippen LogP contribution in [0.3, 0.4) is 0 Å². The third-order valence-corrected chi connectivity index (χ3v) is 4.99. The summed E-state index contributed by atoms with van der Waals surface area (Å²) < 4.78 is 0. The van der Waals surface area contributed by atoms with Crippen LogP contribution < -0.4 is 5.32 Å². The van der Waals surface area contributed by atoms with Crippen molar-refractivity contribution in [1.29, 1.82) is 0 Å². The van der Waals surface area contributed by atoms with Gasteiger partial charge >= 0.3 is 0 Å². The molecule has 0 spiro atoms. The van der Waals surface area contributed by atoms with E-state index in [-0.39, 0.29) is 6.04 Å². The highest BCUT2D eigenvalue weighted by Crippen LogP contribution is 2.24. The highest BCUT2D eigenvalue weighted by molar-refractivity contribution is 5.20. The SMILES string of the molecule is CC(O)C(NC1CC(C)N(Cc2ccccc2)C1)c1ccccc1. The van der Waals surface area contributed by atoms with Gasteiger partial charge in [-0.05, 0) is 31.4 Å². The zero-order valence-corrected chi connectivity index (χ0v) is 14.6. The highest BCUT2D eigenvalue weighted by Gasteiger charge is 2.31. The minimum absolute atomic E-state index is 0.0138. The number of hydrogen-bond donors (Lipinski definition) is 2. The fourth-order valence-corrected chi connectivity index (χ4v) is 3.69. The van der Waals surface area contributed by atoms with Gasteiger partial charge in [0.15, 0.2) is 0 Å². The van der Waals surface area contributed by atoms with Gasteiger partial charge in [0.1, 0.15) is 0 Å². The Hall–Kier alpha value is -1.68. The topological polar surface area (TPSA) is 35.5 Å². The van der Waals surface area contributed by atoms with Crippen LogP contribution in [-0.4, -0.2) is 34.7 Å². The number of likely N-dealkylation sites (tertiary alicyclic amines) is 1. The molecular formula is C21H28N2O. The minimum atomic E-state index is -0.411. The van der Waals surface area contributed by atoms with Crippen molar-refractivity contribution in [2.24, 2.45) is 0 Å². The molecule has 0 radical (unpaired) electrons. The van der Waals surface area contributed by atoms with Crippen LogP contribution >= 0.6 is 0 Å². The summed E-state index contributed by atoms with van der Waals surface area (Å²) in [6.07, 6.45) is 0.703. The molecule has 0 amide bonds. The molecule has 1 saturated heterocycles. The molecule has 4 atom stereocenters. The monoisotopic (exact) mass is 324 g/mol. The summed E-state index contributed by atoms with van der Waals surface area (Å²) in [4.78, 5) is 2.52. The Kier molecular flexibility index (Phi) is 5.67. The normalized spacial score (nSPS) is 24.0. The lowest BCUT2D eigenvalue weighted by Crippen LogP contribution is -2.39. The molecule has 0 aliphatic carbocycles. The molecule has 3 heteroatoms. The lowest BCUT2D eigenvalue weighted by Gasteiger charge is -2.26. The lowest BCUT2D eigenvalue weighted by atomic mass is 10.0. The van der Waals surface area contributed by atoms with Gasteiger partial charge in [-0.25, -0.2) is 0 Å². The third-order valence-electron chi connectivity index (χ3n) is 4.99. The van der Waals surface area contributed by atoms with Crippen LogP contribution in [0.25, 0.3) is 0 Å². The van der Waals surface area contributed by atoms with Crippen molar-refractivity contribution >= 4 is 0 Å². The molecule has 0 saturated carbocycles. The summed E-state index contributed by atoms with van der Waals surface area (Å²) in [5.74, 6) is 0. The zero-order valence-electron chi connectivity index (χ0n) is 14.6. The lowest BCUT2D eigenvalue weighted by molar-refractivity contribution is 0.138. The smallest absolute Gasteiger partial charge is 0.0706 e. The molecule has 24 heavy (non-hydrogen) atoms. The van der Waals surface area contributed by atoms with Gasteiger partial charge in [-0.1, -0.05) is 60.7 Å². The summed E-state index contributed by atoms with van der Waals surface area (Å²) >= 11 is 0. The Bertz CT molecular complexity index is 614. The van der Waals surface area contributed by atoms with Gasteiger partial charge < -0.3 is 10.4 Å². The fraction of sp³-hybridized carbons (Fsp3) is 0.429. The van der Waals surface area contributed by atoms with E-state index in [0.29, 0.717) is 12.1 Å².